The average Bonchev–Trinajstić information content (AvgIpc) is 2.89. The molecule has 36 heavy (non-hydrogen) atoms. The van der Waals surface area contributed by atoms with Crippen molar-refractivity contribution in [1.29, 1.82) is 0 Å². The van der Waals surface area contributed by atoms with Crippen LogP contribution in [0.5, 0.6) is 17.2 Å². The summed E-state index contributed by atoms with van der Waals surface area (Å²) in [5, 5.41) is 3.56. The number of anilines is 1. The molecule has 1 aromatic heterocycles. The third-order valence-corrected chi connectivity index (χ3v) is 5.71. The zero-order chi connectivity index (χ0) is 25.7. The molecule has 0 aliphatic rings. The molecule has 2 N–H and O–H groups in total. The van der Waals surface area contributed by atoms with Crippen LogP contribution in [0.15, 0.2) is 71.5 Å². The number of carbonyl (C=O) groups excluding carboxylic acids is 1. The summed E-state index contributed by atoms with van der Waals surface area (Å²) >= 11 is 0. The number of hydrogen-bond acceptors (Lipinski definition) is 5. The van der Waals surface area contributed by atoms with Gasteiger partial charge in [-0.3, -0.25) is 4.79 Å². The normalized spacial score (nSPS) is 10.7. The Kier molecular flexibility index (Phi) is 7.39. The third kappa shape index (κ3) is 5.41. The van der Waals surface area contributed by atoms with Crippen molar-refractivity contribution in [1.82, 2.24) is 9.88 Å². The Balaban J connectivity index is 1.69. The maximum absolute atomic E-state index is 13.4. The molecular formula is C27H26FN3O5. The van der Waals surface area contributed by atoms with Crippen LogP contribution in [0.4, 0.5) is 14.9 Å². The van der Waals surface area contributed by atoms with Gasteiger partial charge in [-0.1, -0.05) is 24.3 Å². The van der Waals surface area contributed by atoms with E-state index in [1.54, 1.807) is 54.6 Å². The van der Waals surface area contributed by atoms with E-state index in [1.807, 2.05) is 0 Å². The van der Waals surface area contributed by atoms with Crippen LogP contribution in [0.1, 0.15) is 11.1 Å². The van der Waals surface area contributed by atoms with Gasteiger partial charge in [0.2, 0.25) is 0 Å². The summed E-state index contributed by atoms with van der Waals surface area (Å²) in [6, 6.07) is 17.6. The standard InChI is InChI=1S/C27H26FN3O5/c1-34-23-7-5-4-6-21(23)30-27(33)31(15-17-8-10-20(28)11-9-17)16-19-12-18-13-24(35-2)25(36-3)14-22(18)29-26(19)32/h4-14H,15-16H2,1-3H3,(H,29,32)(H,30,33). The van der Waals surface area contributed by atoms with Crippen molar-refractivity contribution in [3.63, 3.8) is 0 Å². The summed E-state index contributed by atoms with van der Waals surface area (Å²) in [4.78, 5) is 30.6. The van der Waals surface area contributed by atoms with Gasteiger partial charge >= 0.3 is 6.03 Å². The number of urea groups is 1. The minimum absolute atomic E-state index is 0.00201. The van der Waals surface area contributed by atoms with Gasteiger partial charge in [0.15, 0.2) is 11.5 Å². The van der Waals surface area contributed by atoms with Crippen LogP contribution in [0.3, 0.4) is 0 Å². The SMILES string of the molecule is COc1ccccc1NC(=O)N(Cc1ccc(F)cc1)Cc1cc2cc(OC)c(OC)cc2[nH]c1=O. The van der Waals surface area contributed by atoms with Gasteiger partial charge in [-0.15, -0.1) is 0 Å². The van der Waals surface area contributed by atoms with Gasteiger partial charge in [0.25, 0.3) is 5.56 Å². The number of aromatic amines is 1. The first-order valence-corrected chi connectivity index (χ1v) is 11.1. The lowest BCUT2D eigenvalue weighted by molar-refractivity contribution is 0.206. The highest BCUT2D eigenvalue weighted by Crippen LogP contribution is 2.31. The Hall–Kier alpha value is -4.53. The number of H-pyrrole nitrogens is 1. The van der Waals surface area contributed by atoms with Gasteiger partial charge in [-0.25, -0.2) is 9.18 Å². The molecule has 0 bridgehead atoms. The topological polar surface area (TPSA) is 92.9 Å². The first kappa shape index (κ1) is 24.6. The molecule has 0 aliphatic carbocycles. The Morgan fingerprint density at radius 1 is 0.889 bits per heavy atom. The lowest BCUT2D eigenvalue weighted by Gasteiger charge is -2.24. The Bertz CT molecular complexity index is 1440. The molecule has 0 radical (unpaired) electrons. The van der Waals surface area contributed by atoms with Gasteiger partial charge in [-0.05, 0) is 42.0 Å². The fourth-order valence-corrected chi connectivity index (χ4v) is 3.85. The predicted octanol–water partition coefficient (Wildman–Crippen LogP) is 4.93. The largest absolute Gasteiger partial charge is 0.495 e. The van der Waals surface area contributed by atoms with E-state index in [1.165, 1.54) is 38.4 Å². The van der Waals surface area contributed by atoms with Crippen molar-refractivity contribution in [3.8, 4) is 17.2 Å². The number of methoxy groups -OCH3 is 3. The number of rotatable bonds is 8. The molecule has 9 heteroatoms. The Morgan fingerprint density at radius 2 is 1.56 bits per heavy atom. The van der Waals surface area contributed by atoms with Crippen LogP contribution in [0, 0.1) is 5.82 Å². The number of amides is 2. The number of hydrogen-bond donors (Lipinski definition) is 2. The summed E-state index contributed by atoms with van der Waals surface area (Å²) in [5.41, 5.74) is 1.79. The van der Waals surface area contributed by atoms with Crippen LogP contribution >= 0.6 is 0 Å². The smallest absolute Gasteiger partial charge is 0.322 e. The third-order valence-electron chi connectivity index (χ3n) is 5.71. The number of pyridine rings is 1. The second kappa shape index (κ2) is 10.8. The van der Waals surface area contributed by atoms with Crippen LogP contribution in [-0.4, -0.2) is 37.2 Å². The molecule has 0 aliphatic heterocycles. The van der Waals surface area contributed by atoms with Crippen molar-refractivity contribution in [3.05, 3.63) is 94.0 Å². The van der Waals surface area contributed by atoms with Crippen molar-refractivity contribution in [2.24, 2.45) is 0 Å². The maximum atomic E-state index is 13.4. The number of carbonyl (C=O) groups is 1. The number of aromatic nitrogens is 1. The molecule has 4 aromatic rings. The minimum atomic E-state index is -0.448. The maximum Gasteiger partial charge on any atom is 0.322 e. The Morgan fingerprint density at radius 3 is 2.25 bits per heavy atom. The highest BCUT2D eigenvalue weighted by molar-refractivity contribution is 5.91. The van der Waals surface area contributed by atoms with E-state index in [-0.39, 0.29) is 24.5 Å². The van der Waals surface area contributed by atoms with E-state index in [0.29, 0.717) is 45.0 Å². The second-order valence-electron chi connectivity index (χ2n) is 8.03. The first-order valence-electron chi connectivity index (χ1n) is 11.1. The molecule has 8 nitrogen and oxygen atoms in total. The summed E-state index contributed by atoms with van der Waals surface area (Å²) in [7, 11) is 4.56. The summed E-state index contributed by atoms with van der Waals surface area (Å²) < 4.78 is 29.5. The lowest BCUT2D eigenvalue weighted by Crippen LogP contribution is -2.35. The highest BCUT2D eigenvalue weighted by Gasteiger charge is 2.19. The molecule has 0 fully saturated rings. The number of ether oxygens (including phenoxy) is 3. The molecule has 4 rings (SSSR count). The van der Waals surface area contributed by atoms with Gasteiger partial charge in [0.1, 0.15) is 11.6 Å². The van der Waals surface area contributed by atoms with Crippen molar-refractivity contribution in [2.45, 2.75) is 13.1 Å². The van der Waals surface area contributed by atoms with E-state index >= 15 is 0 Å². The van der Waals surface area contributed by atoms with E-state index in [0.717, 1.165) is 0 Å². The number of halogens is 1. The van der Waals surface area contributed by atoms with Gasteiger partial charge < -0.3 is 29.4 Å². The second-order valence-corrected chi connectivity index (χ2v) is 8.03. The fourth-order valence-electron chi connectivity index (χ4n) is 3.85. The molecule has 0 atom stereocenters. The minimum Gasteiger partial charge on any atom is -0.495 e. The summed E-state index contributed by atoms with van der Waals surface area (Å²) in [6.45, 7) is 0.142. The summed E-state index contributed by atoms with van der Waals surface area (Å²) in [5.74, 6) is 1.12. The number of nitrogens with zero attached hydrogens (tertiary/aromatic N) is 1. The van der Waals surface area contributed by atoms with Crippen molar-refractivity contribution >= 4 is 22.6 Å². The number of nitrogens with one attached hydrogen (secondary N) is 2. The quantitative estimate of drug-likeness (QED) is 0.365. The van der Waals surface area contributed by atoms with E-state index in [9.17, 15) is 14.0 Å². The average molecular weight is 492 g/mol. The lowest BCUT2D eigenvalue weighted by atomic mass is 10.1. The van der Waals surface area contributed by atoms with E-state index in [2.05, 4.69) is 10.3 Å². The molecular weight excluding hydrogens is 465 g/mol. The Labute approximate surface area is 207 Å². The molecule has 3 aromatic carbocycles. The first-order chi connectivity index (χ1) is 17.4. The van der Waals surface area contributed by atoms with Crippen LogP contribution < -0.4 is 25.1 Å². The molecule has 0 saturated heterocycles. The van der Waals surface area contributed by atoms with E-state index < -0.39 is 6.03 Å². The predicted molar refractivity (Wildman–Crippen MR) is 135 cm³/mol. The number of para-hydroxylation sites is 2. The van der Waals surface area contributed by atoms with E-state index in [4.69, 9.17) is 14.2 Å². The van der Waals surface area contributed by atoms with Crippen LogP contribution in [0.25, 0.3) is 10.9 Å². The zero-order valence-corrected chi connectivity index (χ0v) is 20.1. The zero-order valence-electron chi connectivity index (χ0n) is 20.1. The van der Waals surface area contributed by atoms with Crippen molar-refractivity contribution in [2.75, 3.05) is 26.6 Å². The fraction of sp³-hybridized carbons (Fsp3) is 0.185. The number of fused-ring (bicyclic) bond motifs is 1. The molecule has 2 amide bonds. The van der Waals surface area contributed by atoms with Gasteiger partial charge in [0, 0.05) is 23.6 Å². The van der Waals surface area contributed by atoms with Crippen LogP contribution in [0.2, 0.25) is 0 Å². The van der Waals surface area contributed by atoms with Gasteiger partial charge in [0.05, 0.1) is 39.1 Å². The number of benzene rings is 3. The van der Waals surface area contributed by atoms with Crippen LogP contribution in [-0.2, 0) is 13.1 Å². The molecule has 0 unspecified atom stereocenters. The molecule has 1 heterocycles. The monoisotopic (exact) mass is 491 g/mol. The molecule has 0 spiro atoms. The van der Waals surface area contributed by atoms with Gasteiger partial charge in [-0.2, -0.15) is 0 Å². The highest BCUT2D eigenvalue weighted by atomic mass is 19.1. The molecule has 0 saturated carbocycles. The summed E-state index contributed by atoms with van der Waals surface area (Å²) in [6.07, 6.45) is 0. The molecule has 186 valence electrons. The van der Waals surface area contributed by atoms with Crippen molar-refractivity contribution < 1.29 is 23.4 Å².